The molecule has 2 aromatic rings. The summed E-state index contributed by atoms with van der Waals surface area (Å²) in [5, 5.41) is 0. The number of pyridine rings is 1. The quantitative estimate of drug-likeness (QED) is 0.797. The largest absolute Gasteiger partial charge is 0.337 e. The SMILES string of the molecule is CN(Cc1ccccc1F)C(=O)c1cccnc1F. The van der Waals surface area contributed by atoms with Gasteiger partial charge in [-0.2, -0.15) is 4.39 Å². The Kier molecular flexibility index (Phi) is 3.85. The van der Waals surface area contributed by atoms with Crippen LogP contribution < -0.4 is 0 Å². The summed E-state index contributed by atoms with van der Waals surface area (Å²) in [6.45, 7) is 0.0693. The van der Waals surface area contributed by atoms with Crippen molar-refractivity contribution in [3.05, 3.63) is 65.5 Å². The molecule has 98 valence electrons. The summed E-state index contributed by atoms with van der Waals surface area (Å²) in [5.41, 5.74) is 0.254. The van der Waals surface area contributed by atoms with Crippen LogP contribution in [0.4, 0.5) is 8.78 Å². The lowest BCUT2D eigenvalue weighted by Crippen LogP contribution is -2.27. The van der Waals surface area contributed by atoms with Crippen LogP contribution in [0.3, 0.4) is 0 Å². The van der Waals surface area contributed by atoms with Crippen LogP contribution in [-0.2, 0) is 6.54 Å². The summed E-state index contributed by atoms with van der Waals surface area (Å²) in [6, 6.07) is 8.98. The van der Waals surface area contributed by atoms with Crippen LogP contribution in [0, 0.1) is 11.8 Å². The van der Waals surface area contributed by atoms with Crippen LogP contribution in [0.5, 0.6) is 0 Å². The fourth-order valence-electron chi connectivity index (χ4n) is 1.71. The van der Waals surface area contributed by atoms with E-state index in [0.717, 1.165) is 0 Å². The second-order valence-electron chi connectivity index (χ2n) is 4.09. The van der Waals surface area contributed by atoms with Gasteiger partial charge < -0.3 is 4.90 Å². The standard InChI is InChI=1S/C14H12F2N2O/c1-18(9-10-5-2-3-7-12(10)15)14(19)11-6-4-8-17-13(11)16/h2-8H,9H2,1H3. The molecule has 0 spiro atoms. The van der Waals surface area contributed by atoms with Gasteiger partial charge in [0.15, 0.2) is 0 Å². The van der Waals surface area contributed by atoms with Crippen molar-refractivity contribution in [1.29, 1.82) is 0 Å². The highest BCUT2D eigenvalue weighted by Crippen LogP contribution is 2.12. The Hall–Kier alpha value is -2.30. The van der Waals surface area contributed by atoms with E-state index in [1.165, 1.54) is 36.3 Å². The van der Waals surface area contributed by atoms with Crippen LogP contribution in [0.15, 0.2) is 42.6 Å². The van der Waals surface area contributed by atoms with Crippen molar-refractivity contribution in [2.45, 2.75) is 6.54 Å². The first kappa shape index (κ1) is 13.1. The zero-order chi connectivity index (χ0) is 13.8. The lowest BCUT2D eigenvalue weighted by atomic mass is 10.2. The summed E-state index contributed by atoms with van der Waals surface area (Å²) < 4.78 is 26.9. The third-order valence-corrected chi connectivity index (χ3v) is 2.70. The summed E-state index contributed by atoms with van der Waals surface area (Å²) in [6.07, 6.45) is 1.27. The summed E-state index contributed by atoms with van der Waals surface area (Å²) in [7, 11) is 1.49. The number of hydrogen-bond acceptors (Lipinski definition) is 2. The van der Waals surface area contributed by atoms with E-state index < -0.39 is 17.7 Å². The average Bonchev–Trinajstić information content (AvgIpc) is 2.41. The zero-order valence-electron chi connectivity index (χ0n) is 10.3. The maximum absolute atomic E-state index is 13.5. The van der Waals surface area contributed by atoms with Crippen molar-refractivity contribution >= 4 is 5.91 Å². The second kappa shape index (κ2) is 5.56. The molecule has 2 rings (SSSR count). The molecule has 0 aliphatic rings. The molecule has 5 heteroatoms. The Labute approximate surface area is 109 Å². The monoisotopic (exact) mass is 262 g/mol. The molecule has 1 aromatic heterocycles. The fourth-order valence-corrected chi connectivity index (χ4v) is 1.71. The molecule has 0 aliphatic carbocycles. The number of amides is 1. The highest BCUT2D eigenvalue weighted by molar-refractivity contribution is 5.93. The molecule has 0 N–H and O–H groups in total. The molecule has 0 radical (unpaired) electrons. The van der Waals surface area contributed by atoms with Crippen LogP contribution >= 0.6 is 0 Å². The number of aromatic nitrogens is 1. The first-order valence-corrected chi connectivity index (χ1v) is 5.69. The maximum atomic E-state index is 13.5. The van der Waals surface area contributed by atoms with Crippen LogP contribution in [0.2, 0.25) is 0 Å². The number of rotatable bonds is 3. The molecule has 0 fully saturated rings. The Balaban J connectivity index is 2.17. The van der Waals surface area contributed by atoms with Gasteiger partial charge in [-0.05, 0) is 18.2 Å². The van der Waals surface area contributed by atoms with Crippen LogP contribution in [-0.4, -0.2) is 22.8 Å². The minimum Gasteiger partial charge on any atom is -0.337 e. The number of carbonyl (C=O) groups excluding carboxylic acids is 1. The lowest BCUT2D eigenvalue weighted by molar-refractivity contribution is 0.0778. The van der Waals surface area contributed by atoms with Gasteiger partial charge >= 0.3 is 0 Å². The van der Waals surface area contributed by atoms with E-state index in [-0.39, 0.29) is 12.1 Å². The molecule has 0 atom stereocenters. The van der Waals surface area contributed by atoms with Gasteiger partial charge in [0.25, 0.3) is 5.91 Å². The Morgan fingerprint density at radius 1 is 1.21 bits per heavy atom. The number of benzene rings is 1. The van der Waals surface area contributed by atoms with Gasteiger partial charge in [0, 0.05) is 25.4 Å². The van der Waals surface area contributed by atoms with Crippen molar-refractivity contribution in [3.8, 4) is 0 Å². The van der Waals surface area contributed by atoms with E-state index in [1.807, 2.05) is 0 Å². The molecule has 0 aliphatic heterocycles. The number of hydrogen-bond donors (Lipinski definition) is 0. The lowest BCUT2D eigenvalue weighted by Gasteiger charge is -2.17. The molecule has 1 heterocycles. The molecule has 0 saturated carbocycles. The Morgan fingerprint density at radius 2 is 1.95 bits per heavy atom. The van der Waals surface area contributed by atoms with E-state index in [0.29, 0.717) is 5.56 Å². The van der Waals surface area contributed by atoms with Crippen molar-refractivity contribution < 1.29 is 13.6 Å². The van der Waals surface area contributed by atoms with Crippen molar-refractivity contribution in [2.75, 3.05) is 7.05 Å². The van der Waals surface area contributed by atoms with Crippen LogP contribution in [0.1, 0.15) is 15.9 Å². The first-order valence-electron chi connectivity index (χ1n) is 5.69. The topological polar surface area (TPSA) is 33.2 Å². The minimum atomic E-state index is -0.826. The smallest absolute Gasteiger partial charge is 0.258 e. The predicted octanol–water partition coefficient (Wildman–Crippen LogP) is 2.63. The van der Waals surface area contributed by atoms with Gasteiger partial charge in [-0.15, -0.1) is 0 Å². The number of halogens is 2. The molecular formula is C14H12F2N2O. The number of carbonyl (C=O) groups is 1. The van der Waals surface area contributed by atoms with Gasteiger partial charge in [-0.1, -0.05) is 18.2 Å². The maximum Gasteiger partial charge on any atom is 0.258 e. The Bertz CT molecular complexity index is 602. The first-order chi connectivity index (χ1) is 9.09. The Morgan fingerprint density at radius 3 is 2.63 bits per heavy atom. The average molecular weight is 262 g/mol. The van der Waals surface area contributed by atoms with Gasteiger partial charge in [0.05, 0.1) is 5.56 Å². The predicted molar refractivity (Wildman–Crippen MR) is 66.4 cm³/mol. The normalized spacial score (nSPS) is 10.3. The van der Waals surface area contributed by atoms with E-state index in [9.17, 15) is 13.6 Å². The molecule has 0 saturated heterocycles. The summed E-state index contributed by atoms with van der Waals surface area (Å²) in [5.74, 6) is -1.75. The fraction of sp³-hybridized carbons (Fsp3) is 0.143. The molecular weight excluding hydrogens is 250 g/mol. The molecule has 3 nitrogen and oxygen atoms in total. The molecule has 1 amide bonds. The van der Waals surface area contributed by atoms with Gasteiger partial charge in [-0.25, -0.2) is 9.37 Å². The molecule has 0 bridgehead atoms. The van der Waals surface area contributed by atoms with E-state index >= 15 is 0 Å². The summed E-state index contributed by atoms with van der Waals surface area (Å²) in [4.78, 5) is 16.7. The van der Waals surface area contributed by atoms with Gasteiger partial charge in [0.2, 0.25) is 5.95 Å². The highest BCUT2D eigenvalue weighted by Gasteiger charge is 2.17. The van der Waals surface area contributed by atoms with Crippen LogP contribution in [0.25, 0.3) is 0 Å². The zero-order valence-corrected chi connectivity index (χ0v) is 10.3. The van der Waals surface area contributed by atoms with Crippen molar-refractivity contribution in [1.82, 2.24) is 9.88 Å². The van der Waals surface area contributed by atoms with E-state index in [1.54, 1.807) is 18.2 Å². The number of nitrogens with zero attached hydrogens (tertiary/aromatic N) is 2. The second-order valence-corrected chi connectivity index (χ2v) is 4.09. The minimum absolute atomic E-state index is 0.0693. The molecule has 19 heavy (non-hydrogen) atoms. The third-order valence-electron chi connectivity index (χ3n) is 2.70. The van der Waals surface area contributed by atoms with Crippen molar-refractivity contribution in [3.63, 3.8) is 0 Å². The summed E-state index contributed by atoms with van der Waals surface area (Å²) >= 11 is 0. The van der Waals surface area contributed by atoms with Gasteiger partial charge in [0.1, 0.15) is 5.82 Å². The van der Waals surface area contributed by atoms with E-state index in [4.69, 9.17) is 0 Å². The third kappa shape index (κ3) is 2.93. The van der Waals surface area contributed by atoms with Crippen molar-refractivity contribution in [2.24, 2.45) is 0 Å². The molecule has 1 aromatic carbocycles. The van der Waals surface area contributed by atoms with E-state index in [2.05, 4.69) is 4.98 Å². The highest BCUT2D eigenvalue weighted by atomic mass is 19.1. The molecule has 0 unspecified atom stereocenters. The van der Waals surface area contributed by atoms with Gasteiger partial charge in [-0.3, -0.25) is 4.79 Å².